The van der Waals surface area contributed by atoms with Gasteiger partial charge in [0.2, 0.25) is 0 Å². The van der Waals surface area contributed by atoms with Crippen molar-refractivity contribution in [3.63, 3.8) is 0 Å². The number of carbonyl (C=O) groups excluding carboxylic acids is 4. The Morgan fingerprint density at radius 2 is 0.639 bits per heavy atom. The molecule has 0 aliphatic carbocycles. The molecular formula is C26H48N2O8. The van der Waals surface area contributed by atoms with Gasteiger partial charge in [-0.05, 0) is 23.7 Å². The Morgan fingerprint density at radius 3 is 0.806 bits per heavy atom. The smallest absolute Gasteiger partial charge is 0.320 e. The van der Waals surface area contributed by atoms with Gasteiger partial charge in [0, 0.05) is 13.1 Å². The molecule has 0 N–H and O–H groups in total. The zero-order chi connectivity index (χ0) is 27.7. The third-order valence-electron chi connectivity index (χ3n) is 4.45. The van der Waals surface area contributed by atoms with Crippen LogP contribution in [0.4, 0.5) is 0 Å². The standard InChI is InChI=1S/C26H48N2O8/c1-19(2)15-33-23(29)11-27(12-24(30)34-16-20(3)4)9-10-28(13-25(31)35-17-21(5)6)14-26(32)36-18-22(7)8/h19-22H,9-18H2,1-8H3. The molecule has 0 aromatic rings. The van der Waals surface area contributed by atoms with E-state index in [9.17, 15) is 19.2 Å². The van der Waals surface area contributed by atoms with E-state index in [1.165, 1.54) is 0 Å². The van der Waals surface area contributed by atoms with Crippen LogP contribution in [0.3, 0.4) is 0 Å². The van der Waals surface area contributed by atoms with Gasteiger partial charge in [-0.2, -0.15) is 0 Å². The molecule has 0 spiro atoms. The predicted molar refractivity (Wildman–Crippen MR) is 136 cm³/mol. The highest BCUT2D eigenvalue weighted by molar-refractivity contribution is 5.76. The second-order valence-electron chi connectivity index (χ2n) is 10.7. The van der Waals surface area contributed by atoms with Crippen molar-refractivity contribution in [3.05, 3.63) is 0 Å². The first-order valence-electron chi connectivity index (χ1n) is 12.9. The van der Waals surface area contributed by atoms with E-state index in [1.807, 2.05) is 55.4 Å². The normalized spacial score (nSPS) is 11.6. The SMILES string of the molecule is CC(C)COC(=O)CN(CCN(CC(=O)OCC(C)C)CC(=O)OCC(C)C)CC(=O)OCC(C)C. The van der Waals surface area contributed by atoms with Crippen LogP contribution in [-0.2, 0) is 38.1 Å². The van der Waals surface area contributed by atoms with Gasteiger partial charge < -0.3 is 18.9 Å². The Labute approximate surface area is 216 Å². The lowest BCUT2D eigenvalue weighted by Crippen LogP contribution is -2.44. The van der Waals surface area contributed by atoms with E-state index in [4.69, 9.17) is 18.9 Å². The molecule has 0 aliphatic heterocycles. The molecule has 0 radical (unpaired) electrons. The molecule has 0 saturated carbocycles. The summed E-state index contributed by atoms with van der Waals surface area (Å²) in [7, 11) is 0. The maximum Gasteiger partial charge on any atom is 0.320 e. The quantitative estimate of drug-likeness (QED) is 0.187. The zero-order valence-electron chi connectivity index (χ0n) is 23.5. The Bertz CT molecular complexity index is 556. The Kier molecular flexibility index (Phi) is 17.8. The fourth-order valence-electron chi connectivity index (χ4n) is 2.66. The van der Waals surface area contributed by atoms with Gasteiger partial charge in [-0.3, -0.25) is 29.0 Å². The van der Waals surface area contributed by atoms with E-state index in [0.29, 0.717) is 0 Å². The Balaban J connectivity index is 5.26. The second kappa shape index (κ2) is 19.0. The molecule has 0 atom stereocenters. The van der Waals surface area contributed by atoms with Crippen molar-refractivity contribution in [1.29, 1.82) is 0 Å². The molecule has 0 aromatic heterocycles. The summed E-state index contributed by atoms with van der Waals surface area (Å²) >= 11 is 0. The average Bonchev–Trinajstić information content (AvgIpc) is 2.76. The molecule has 0 heterocycles. The molecule has 0 unspecified atom stereocenters. The minimum atomic E-state index is -0.459. The van der Waals surface area contributed by atoms with E-state index in [1.54, 1.807) is 9.80 Å². The van der Waals surface area contributed by atoms with Crippen LogP contribution in [0.2, 0.25) is 0 Å². The molecule has 10 heteroatoms. The van der Waals surface area contributed by atoms with Crippen LogP contribution >= 0.6 is 0 Å². The van der Waals surface area contributed by atoms with Crippen molar-refractivity contribution < 1.29 is 38.1 Å². The first kappa shape index (κ1) is 33.8. The van der Waals surface area contributed by atoms with Crippen LogP contribution in [0.15, 0.2) is 0 Å². The van der Waals surface area contributed by atoms with E-state index in [0.717, 1.165) is 0 Å². The third kappa shape index (κ3) is 20.0. The van der Waals surface area contributed by atoms with E-state index in [-0.39, 0.29) is 89.4 Å². The van der Waals surface area contributed by atoms with Gasteiger partial charge in [-0.25, -0.2) is 0 Å². The van der Waals surface area contributed by atoms with Gasteiger partial charge in [0.15, 0.2) is 0 Å². The summed E-state index contributed by atoms with van der Waals surface area (Å²) in [5.41, 5.74) is 0. The Hall–Kier alpha value is -2.20. The monoisotopic (exact) mass is 516 g/mol. The lowest BCUT2D eigenvalue weighted by atomic mass is 10.2. The largest absolute Gasteiger partial charge is 0.464 e. The molecule has 10 nitrogen and oxygen atoms in total. The lowest BCUT2D eigenvalue weighted by Gasteiger charge is -2.26. The Morgan fingerprint density at radius 1 is 0.444 bits per heavy atom. The highest BCUT2D eigenvalue weighted by Gasteiger charge is 2.22. The number of hydrogen-bond donors (Lipinski definition) is 0. The molecule has 36 heavy (non-hydrogen) atoms. The van der Waals surface area contributed by atoms with Crippen LogP contribution < -0.4 is 0 Å². The van der Waals surface area contributed by atoms with Gasteiger partial charge in [-0.1, -0.05) is 55.4 Å². The van der Waals surface area contributed by atoms with Crippen molar-refractivity contribution in [3.8, 4) is 0 Å². The number of esters is 4. The van der Waals surface area contributed by atoms with Crippen LogP contribution in [-0.4, -0.2) is 99.4 Å². The average molecular weight is 517 g/mol. The summed E-state index contributed by atoms with van der Waals surface area (Å²) in [6, 6.07) is 0. The van der Waals surface area contributed by atoms with Gasteiger partial charge in [0.25, 0.3) is 0 Å². The number of rotatable bonds is 19. The van der Waals surface area contributed by atoms with Gasteiger partial charge in [0.1, 0.15) is 0 Å². The zero-order valence-corrected chi connectivity index (χ0v) is 23.5. The van der Waals surface area contributed by atoms with Crippen LogP contribution in [0, 0.1) is 23.7 Å². The number of nitrogens with zero attached hydrogens (tertiary/aromatic N) is 2. The third-order valence-corrected chi connectivity index (χ3v) is 4.45. The maximum atomic E-state index is 12.3. The van der Waals surface area contributed by atoms with Gasteiger partial charge in [0.05, 0.1) is 52.6 Å². The highest BCUT2D eigenvalue weighted by atomic mass is 16.5. The minimum absolute atomic E-state index is 0.118. The van der Waals surface area contributed by atoms with Crippen LogP contribution in [0.5, 0.6) is 0 Å². The molecule has 0 fully saturated rings. The summed E-state index contributed by atoms with van der Waals surface area (Å²) in [6.45, 7) is 16.6. The molecular weight excluding hydrogens is 468 g/mol. The first-order valence-corrected chi connectivity index (χ1v) is 12.9. The molecule has 0 aromatic carbocycles. The lowest BCUT2D eigenvalue weighted by molar-refractivity contribution is -0.153. The molecule has 210 valence electrons. The first-order chi connectivity index (χ1) is 16.8. The summed E-state index contributed by atoms with van der Waals surface area (Å²) in [5.74, 6) is -1.10. The fraction of sp³-hybridized carbons (Fsp3) is 0.846. The number of ether oxygens (including phenoxy) is 4. The molecule has 0 amide bonds. The molecule has 0 rings (SSSR count). The van der Waals surface area contributed by atoms with Crippen LogP contribution in [0.25, 0.3) is 0 Å². The van der Waals surface area contributed by atoms with E-state index in [2.05, 4.69) is 0 Å². The minimum Gasteiger partial charge on any atom is -0.464 e. The summed E-state index contributed by atoms with van der Waals surface area (Å²) in [6.07, 6.45) is 0. The van der Waals surface area contributed by atoms with Crippen molar-refractivity contribution in [2.24, 2.45) is 23.7 Å². The van der Waals surface area contributed by atoms with Crippen LogP contribution in [0.1, 0.15) is 55.4 Å². The maximum absolute atomic E-state index is 12.3. The van der Waals surface area contributed by atoms with E-state index < -0.39 is 23.9 Å². The van der Waals surface area contributed by atoms with Crippen molar-refractivity contribution in [2.45, 2.75) is 55.4 Å². The summed E-state index contributed by atoms with van der Waals surface area (Å²) in [4.78, 5) is 52.5. The number of carbonyl (C=O) groups is 4. The van der Waals surface area contributed by atoms with Crippen molar-refractivity contribution in [1.82, 2.24) is 9.80 Å². The van der Waals surface area contributed by atoms with Gasteiger partial charge >= 0.3 is 23.9 Å². The summed E-state index contributed by atoms with van der Waals surface area (Å²) < 4.78 is 21.1. The molecule has 0 saturated heterocycles. The molecule has 0 bridgehead atoms. The van der Waals surface area contributed by atoms with Crippen molar-refractivity contribution >= 4 is 23.9 Å². The molecule has 0 aliphatic rings. The van der Waals surface area contributed by atoms with E-state index >= 15 is 0 Å². The highest BCUT2D eigenvalue weighted by Crippen LogP contribution is 2.02. The fourth-order valence-corrected chi connectivity index (χ4v) is 2.66. The second-order valence-corrected chi connectivity index (χ2v) is 10.7. The van der Waals surface area contributed by atoms with Gasteiger partial charge in [-0.15, -0.1) is 0 Å². The number of hydrogen-bond acceptors (Lipinski definition) is 10. The summed E-state index contributed by atoms with van der Waals surface area (Å²) in [5, 5.41) is 0. The van der Waals surface area contributed by atoms with Crippen molar-refractivity contribution in [2.75, 3.05) is 65.7 Å². The predicted octanol–water partition coefficient (Wildman–Crippen LogP) is 2.39. The topological polar surface area (TPSA) is 112 Å².